The van der Waals surface area contributed by atoms with Gasteiger partial charge in [0.25, 0.3) is 0 Å². The summed E-state index contributed by atoms with van der Waals surface area (Å²) < 4.78 is 6.22. The highest BCUT2D eigenvalue weighted by Gasteiger charge is 2.26. The number of halogens is 1. The second-order valence-corrected chi connectivity index (χ2v) is 6.00. The average Bonchev–Trinajstić information content (AvgIpc) is 2.39. The molecule has 2 rings (SSSR count). The summed E-state index contributed by atoms with van der Waals surface area (Å²) in [6, 6.07) is 4.40. The van der Waals surface area contributed by atoms with Crippen molar-refractivity contribution in [3.8, 4) is 0 Å². The van der Waals surface area contributed by atoms with E-state index < -0.39 is 5.97 Å². The van der Waals surface area contributed by atoms with Crippen molar-refractivity contribution in [1.82, 2.24) is 4.90 Å². The van der Waals surface area contributed by atoms with Crippen LogP contribution in [0.5, 0.6) is 0 Å². The number of carboxylic acid groups (broad SMARTS) is 1. The summed E-state index contributed by atoms with van der Waals surface area (Å²) in [5.41, 5.74) is 0.328. The van der Waals surface area contributed by atoms with Gasteiger partial charge in [-0.05, 0) is 32.0 Å². The molecule has 114 valence electrons. The number of anilines is 1. The van der Waals surface area contributed by atoms with Gasteiger partial charge in [-0.25, -0.2) is 9.59 Å². The van der Waals surface area contributed by atoms with Crippen LogP contribution < -0.4 is 5.32 Å². The number of carbonyl (C=O) groups is 2. The number of hydrogen-bond acceptors (Lipinski definition) is 3. The zero-order valence-electron chi connectivity index (χ0n) is 11.8. The second kappa shape index (κ2) is 6.44. The summed E-state index contributed by atoms with van der Waals surface area (Å²) in [6.07, 6.45) is -0.0771. The minimum absolute atomic E-state index is 0.0386. The number of hydrogen-bond donors (Lipinski definition) is 2. The molecule has 1 heterocycles. The normalized spacial score (nSPS) is 22.0. The molecule has 2 N–H and O–H groups in total. The van der Waals surface area contributed by atoms with E-state index >= 15 is 0 Å². The highest BCUT2D eigenvalue weighted by Crippen LogP contribution is 2.22. The number of urea groups is 1. The number of ether oxygens (including phenoxy) is 1. The van der Waals surface area contributed by atoms with Crippen LogP contribution in [-0.4, -0.2) is 47.3 Å². The maximum absolute atomic E-state index is 12.3. The minimum Gasteiger partial charge on any atom is -0.478 e. The van der Waals surface area contributed by atoms with Crippen molar-refractivity contribution in [3.05, 3.63) is 28.2 Å². The zero-order valence-corrected chi connectivity index (χ0v) is 13.4. The molecule has 2 amide bonds. The predicted molar refractivity (Wildman–Crippen MR) is 81.7 cm³/mol. The molecule has 0 radical (unpaired) electrons. The predicted octanol–water partition coefficient (Wildman–Crippen LogP) is 2.79. The van der Waals surface area contributed by atoms with Crippen LogP contribution in [0.4, 0.5) is 10.5 Å². The molecule has 0 aliphatic carbocycles. The average molecular weight is 357 g/mol. The zero-order chi connectivity index (χ0) is 15.6. The van der Waals surface area contributed by atoms with Crippen LogP contribution >= 0.6 is 15.9 Å². The topological polar surface area (TPSA) is 78.9 Å². The van der Waals surface area contributed by atoms with Crippen LogP contribution in [0, 0.1) is 0 Å². The first-order valence-corrected chi connectivity index (χ1v) is 7.40. The maximum atomic E-state index is 12.3. The number of nitrogens with one attached hydrogen (secondary N) is 1. The third-order valence-corrected chi connectivity index (χ3v) is 3.65. The lowest BCUT2D eigenvalue weighted by molar-refractivity contribution is -0.0530. The van der Waals surface area contributed by atoms with E-state index in [0.29, 0.717) is 17.6 Å². The maximum Gasteiger partial charge on any atom is 0.337 e. The molecule has 21 heavy (non-hydrogen) atoms. The first-order valence-electron chi connectivity index (χ1n) is 6.61. The van der Waals surface area contributed by atoms with Crippen LogP contribution in [0.25, 0.3) is 0 Å². The third-order valence-electron chi connectivity index (χ3n) is 3.16. The lowest BCUT2D eigenvalue weighted by Gasteiger charge is -2.35. The summed E-state index contributed by atoms with van der Waals surface area (Å²) >= 11 is 3.22. The number of aromatic carboxylic acids is 1. The van der Waals surface area contributed by atoms with Gasteiger partial charge in [-0.15, -0.1) is 0 Å². The van der Waals surface area contributed by atoms with Gasteiger partial charge < -0.3 is 20.1 Å². The molecule has 1 aliphatic rings. The van der Waals surface area contributed by atoms with Gasteiger partial charge >= 0.3 is 12.0 Å². The molecule has 0 bridgehead atoms. The molecular formula is C14H17BrN2O4. The Bertz CT molecular complexity index is 554. The van der Waals surface area contributed by atoms with Crippen molar-refractivity contribution < 1.29 is 19.4 Å². The van der Waals surface area contributed by atoms with E-state index in [1.807, 2.05) is 13.8 Å². The van der Waals surface area contributed by atoms with Crippen LogP contribution in [0.3, 0.4) is 0 Å². The molecule has 0 spiro atoms. The van der Waals surface area contributed by atoms with Crippen LogP contribution in [0.15, 0.2) is 22.7 Å². The molecule has 1 saturated heterocycles. The summed E-state index contributed by atoms with van der Waals surface area (Å²) in [4.78, 5) is 25.1. The van der Waals surface area contributed by atoms with Gasteiger partial charge in [-0.3, -0.25) is 0 Å². The molecule has 1 fully saturated rings. The van der Waals surface area contributed by atoms with Crippen molar-refractivity contribution >= 4 is 33.6 Å². The first kappa shape index (κ1) is 15.8. The lowest BCUT2D eigenvalue weighted by atomic mass is 10.2. The summed E-state index contributed by atoms with van der Waals surface area (Å²) in [7, 11) is 0. The number of rotatable bonds is 2. The van der Waals surface area contributed by atoms with Crippen molar-refractivity contribution in [3.63, 3.8) is 0 Å². The lowest BCUT2D eigenvalue weighted by Crippen LogP contribution is -2.49. The Kier molecular flexibility index (Phi) is 4.84. The monoisotopic (exact) mass is 356 g/mol. The van der Waals surface area contributed by atoms with Crippen LogP contribution in [-0.2, 0) is 4.74 Å². The van der Waals surface area contributed by atoms with Crippen LogP contribution in [0.2, 0.25) is 0 Å². The fourth-order valence-corrected chi connectivity index (χ4v) is 2.70. The number of amides is 2. The Labute approximate surface area is 131 Å². The Morgan fingerprint density at radius 1 is 1.33 bits per heavy atom. The van der Waals surface area contributed by atoms with E-state index in [1.54, 1.807) is 17.0 Å². The molecule has 1 aromatic rings. The van der Waals surface area contributed by atoms with Crippen molar-refractivity contribution in [2.75, 3.05) is 18.4 Å². The molecular weight excluding hydrogens is 340 g/mol. The molecule has 0 aromatic heterocycles. The third kappa shape index (κ3) is 3.95. The van der Waals surface area contributed by atoms with Crippen molar-refractivity contribution in [2.45, 2.75) is 26.1 Å². The largest absolute Gasteiger partial charge is 0.478 e. The van der Waals surface area contributed by atoms with Gasteiger partial charge in [0, 0.05) is 17.6 Å². The Morgan fingerprint density at radius 3 is 2.52 bits per heavy atom. The van der Waals surface area contributed by atoms with E-state index in [2.05, 4.69) is 21.2 Å². The minimum atomic E-state index is -1.09. The van der Waals surface area contributed by atoms with Gasteiger partial charge in [-0.2, -0.15) is 0 Å². The number of carbonyl (C=O) groups excluding carboxylic acids is 1. The number of morpholine rings is 1. The highest BCUT2D eigenvalue weighted by atomic mass is 79.9. The van der Waals surface area contributed by atoms with Crippen molar-refractivity contribution in [1.29, 1.82) is 0 Å². The fraction of sp³-hybridized carbons (Fsp3) is 0.429. The summed E-state index contributed by atoms with van der Waals surface area (Å²) in [5.74, 6) is -1.09. The first-order chi connectivity index (χ1) is 9.86. The number of benzene rings is 1. The Morgan fingerprint density at radius 2 is 1.95 bits per heavy atom. The molecule has 1 aromatic carbocycles. The molecule has 7 heteroatoms. The van der Waals surface area contributed by atoms with Gasteiger partial charge in [0.1, 0.15) is 0 Å². The molecule has 6 nitrogen and oxygen atoms in total. The number of carboxylic acids is 1. The van der Waals surface area contributed by atoms with Crippen molar-refractivity contribution in [2.24, 2.45) is 0 Å². The van der Waals surface area contributed by atoms with E-state index in [0.717, 1.165) is 0 Å². The van der Waals surface area contributed by atoms with Gasteiger partial charge in [0.15, 0.2) is 0 Å². The van der Waals surface area contributed by atoms with Gasteiger partial charge in [-0.1, -0.05) is 15.9 Å². The molecule has 1 aliphatic heterocycles. The quantitative estimate of drug-likeness (QED) is 0.853. The van der Waals surface area contributed by atoms with E-state index in [-0.39, 0.29) is 29.5 Å². The van der Waals surface area contributed by atoms with Gasteiger partial charge in [0.2, 0.25) is 0 Å². The molecule has 0 unspecified atom stereocenters. The van der Waals surface area contributed by atoms with Crippen LogP contribution in [0.1, 0.15) is 24.2 Å². The van der Waals surface area contributed by atoms with E-state index in [4.69, 9.17) is 4.74 Å². The fourth-order valence-electron chi connectivity index (χ4n) is 2.34. The van der Waals surface area contributed by atoms with E-state index in [9.17, 15) is 14.7 Å². The standard InChI is InChI=1S/C14H17BrN2O4/c1-8-6-17(7-9(2)21-8)14(20)16-12-4-3-10(15)5-11(12)13(18)19/h3-5,8-9H,6-7H2,1-2H3,(H,16,20)(H,18,19)/t8-,9+. The summed E-state index contributed by atoms with van der Waals surface area (Å²) in [5, 5.41) is 11.9. The van der Waals surface area contributed by atoms with Gasteiger partial charge in [0.05, 0.1) is 23.5 Å². The summed E-state index contributed by atoms with van der Waals surface area (Å²) in [6.45, 7) is 4.76. The van der Waals surface area contributed by atoms with E-state index in [1.165, 1.54) is 6.07 Å². The highest BCUT2D eigenvalue weighted by molar-refractivity contribution is 9.10. The molecule has 0 saturated carbocycles. The Hall–Kier alpha value is -1.60. The molecule has 2 atom stereocenters. The smallest absolute Gasteiger partial charge is 0.337 e. The SMILES string of the molecule is C[C@@H]1CN(C(=O)Nc2ccc(Br)cc2C(=O)O)C[C@H](C)O1. The number of nitrogens with zero attached hydrogens (tertiary/aromatic N) is 1. The second-order valence-electron chi connectivity index (χ2n) is 5.09. The Balaban J connectivity index is 2.14.